The Morgan fingerprint density at radius 3 is 2.40 bits per heavy atom. The monoisotopic (exact) mass is 412 g/mol. The molecular formula is C29H48O. The van der Waals surface area contributed by atoms with Crippen molar-refractivity contribution in [1.82, 2.24) is 0 Å². The van der Waals surface area contributed by atoms with E-state index in [4.69, 9.17) is 0 Å². The van der Waals surface area contributed by atoms with Gasteiger partial charge in [0.05, 0.1) is 0 Å². The third-order valence-electron chi connectivity index (χ3n) is 10.8. The van der Waals surface area contributed by atoms with E-state index in [1.54, 1.807) is 0 Å². The second kappa shape index (κ2) is 7.77. The van der Waals surface area contributed by atoms with E-state index in [2.05, 4.69) is 54.5 Å². The van der Waals surface area contributed by atoms with Gasteiger partial charge in [-0.05, 0) is 96.4 Å². The van der Waals surface area contributed by atoms with Gasteiger partial charge in [-0.2, -0.15) is 0 Å². The first-order valence-electron chi connectivity index (χ1n) is 13.2. The summed E-state index contributed by atoms with van der Waals surface area (Å²) in [5, 5.41) is 0. The molecule has 3 fully saturated rings. The minimum atomic E-state index is 0.288. The molecule has 0 heterocycles. The summed E-state index contributed by atoms with van der Waals surface area (Å²) in [6, 6.07) is 0. The highest BCUT2D eigenvalue weighted by atomic mass is 16.1. The molecule has 0 bridgehead atoms. The predicted molar refractivity (Wildman–Crippen MR) is 127 cm³/mol. The number of ketones is 1. The highest BCUT2D eigenvalue weighted by Gasteiger charge is 2.63. The maximum atomic E-state index is 12.2. The fourth-order valence-corrected chi connectivity index (χ4v) is 9.23. The van der Waals surface area contributed by atoms with Crippen molar-refractivity contribution < 1.29 is 4.79 Å². The van der Waals surface area contributed by atoms with Crippen LogP contribution in [-0.4, -0.2) is 5.78 Å². The fourth-order valence-electron chi connectivity index (χ4n) is 9.23. The van der Waals surface area contributed by atoms with Crippen LogP contribution in [0.25, 0.3) is 0 Å². The van der Waals surface area contributed by atoms with E-state index in [0.29, 0.717) is 16.6 Å². The van der Waals surface area contributed by atoms with Crippen LogP contribution in [0.15, 0.2) is 11.6 Å². The SMILES string of the molecule is CC(C)CCC[C@@H](C)[C@H]1CC[C@H]2[C@H]3[C@H](CC[C@]12C)[C@@]1(C)CCC(=O)C=C1CC3(C)C. The second-order valence-electron chi connectivity index (χ2n) is 13.5. The van der Waals surface area contributed by atoms with Crippen LogP contribution in [0.5, 0.6) is 0 Å². The van der Waals surface area contributed by atoms with E-state index in [1.165, 1.54) is 50.5 Å². The Bertz CT molecular complexity index is 699. The Balaban J connectivity index is 1.58. The molecule has 7 atom stereocenters. The van der Waals surface area contributed by atoms with Crippen LogP contribution in [-0.2, 0) is 4.79 Å². The molecule has 1 heteroatoms. The van der Waals surface area contributed by atoms with E-state index in [-0.39, 0.29) is 5.41 Å². The van der Waals surface area contributed by atoms with Crippen molar-refractivity contribution in [2.75, 3.05) is 0 Å². The molecule has 0 N–H and O–H groups in total. The number of carbonyl (C=O) groups excluding carboxylic acids is 1. The molecule has 30 heavy (non-hydrogen) atoms. The highest BCUT2D eigenvalue weighted by Crippen LogP contribution is 2.71. The van der Waals surface area contributed by atoms with Gasteiger partial charge < -0.3 is 0 Å². The van der Waals surface area contributed by atoms with Gasteiger partial charge in [0.15, 0.2) is 5.78 Å². The van der Waals surface area contributed by atoms with Crippen LogP contribution in [0.2, 0.25) is 0 Å². The van der Waals surface area contributed by atoms with E-state index in [9.17, 15) is 4.79 Å². The molecule has 0 saturated heterocycles. The number of hydrogen-bond acceptors (Lipinski definition) is 1. The molecule has 0 spiro atoms. The molecule has 1 nitrogen and oxygen atoms in total. The summed E-state index contributed by atoms with van der Waals surface area (Å²) >= 11 is 0. The second-order valence-corrected chi connectivity index (χ2v) is 13.5. The average Bonchev–Trinajstić information content (AvgIpc) is 2.99. The Labute approximate surface area is 186 Å². The lowest BCUT2D eigenvalue weighted by Gasteiger charge is -2.63. The number of carbonyl (C=O) groups is 1. The van der Waals surface area contributed by atoms with Crippen molar-refractivity contribution >= 4 is 5.78 Å². The summed E-state index contributed by atoms with van der Waals surface area (Å²) in [6.07, 6.45) is 15.1. The summed E-state index contributed by atoms with van der Waals surface area (Å²) in [4.78, 5) is 12.2. The van der Waals surface area contributed by atoms with Gasteiger partial charge in [0.1, 0.15) is 0 Å². The van der Waals surface area contributed by atoms with Gasteiger partial charge in [-0.25, -0.2) is 0 Å². The van der Waals surface area contributed by atoms with Gasteiger partial charge in [-0.15, -0.1) is 0 Å². The van der Waals surface area contributed by atoms with Crippen LogP contribution in [0, 0.1) is 51.8 Å². The minimum Gasteiger partial charge on any atom is -0.295 e. The van der Waals surface area contributed by atoms with Gasteiger partial charge in [-0.3, -0.25) is 4.79 Å². The molecule has 4 aliphatic rings. The Kier molecular flexibility index (Phi) is 5.85. The topological polar surface area (TPSA) is 17.1 Å². The van der Waals surface area contributed by atoms with Crippen molar-refractivity contribution in [3.05, 3.63) is 11.6 Å². The van der Waals surface area contributed by atoms with Gasteiger partial charge in [0.2, 0.25) is 0 Å². The fraction of sp³-hybridized carbons (Fsp3) is 0.897. The quantitative estimate of drug-likeness (QED) is 0.444. The van der Waals surface area contributed by atoms with Crippen molar-refractivity contribution in [3.63, 3.8) is 0 Å². The standard InChI is InChI=1S/C29H48O/c1-19(2)9-8-10-20(3)23-11-12-24-26-25(14-16-29(23,24)7)28(6)15-13-22(30)17-21(28)18-27(26,4)5/h17,19-20,23-26H,8-16,18H2,1-7H3/t20-,23-,24+,25+,26+,28+,29-/m1/s1. The molecule has 0 aromatic rings. The summed E-state index contributed by atoms with van der Waals surface area (Å²) in [6.45, 7) is 17.6. The first kappa shape index (κ1) is 22.6. The molecule has 0 aliphatic heterocycles. The maximum Gasteiger partial charge on any atom is 0.155 e. The molecular weight excluding hydrogens is 364 g/mol. The summed E-state index contributed by atoms with van der Waals surface area (Å²) < 4.78 is 0. The van der Waals surface area contributed by atoms with E-state index in [1.807, 2.05) is 0 Å². The molecule has 4 aliphatic carbocycles. The van der Waals surface area contributed by atoms with Crippen LogP contribution in [0.3, 0.4) is 0 Å². The lowest BCUT2D eigenvalue weighted by atomic mass is 9.41. The Morgan fingerprint density at radius 1 is 0.967 bits per heavy atom. The summed E-state index contributed by atoms with van der Waals surface area (Å²) in [5.74, 6) is 5.53. The summed E-state index contributed by atoms with van der Waals surface area (Å²) in [7, 11) is 0. The van der Waals surface area contributed by atoms with E-state index < -0.39 is 0 Å². The number of hydrogen-bond donors (Lipinski definition) is 0. The smallest absolute Gasteiger partial charge is 0.155 e. The van der Waals surface area contributed by atoms with Gasteiger partial charge in [0.25, 0.3) is 0 Å². The van der Waals surface area contributed by atoms with Gasteiger partial charge in [0, 0.05) is 6.42 Å². The van der Waals surface area contributed by atoms with Crippen molar-refractivity contribution in [1.29, 1.82) is 0 Å². The van der Waals surface area contributed by atoms with Crippen molar-refractivity contribution in [2.45, 2.75) is 113 Å². The van der Waals surface area contributed by atoms with Crippen molar-refractivity contribution in [3.8, 4) is 0 Å². The molecule has 0 amide bonds. The van der Waals surface area contributed by atoms with Gasteiger partial charge in [-0.1, -0.05) is 73.3 Å². The molecule has 0 radical (unpaired) electrons. The third-order valence-corrected chi connectivity index (χ3v) is 10.8. The zero-order valence-electron chi connectivity index (χ0n) is 21.0. The van der Waals surface area contributed by atoms with Crippen LogP contribution >= 0.6 is 0 Å². The third kappa shape index (κ3) is 3.55. The van der Waals surface area contributed by atoms with E-state index >= 15 is 0 Å². The molecule has 0 unspecified atom stereocenters. The minimum absolute atomic E-state index is 0.288. The summed E-state index contributed by atoms with van der Waals surface area (Å²) in [5.41, 5.74) is 2.66. The molecule has 170 valence electrons. The number of rotatable bonds is 5. The first-order chi connectivity index (χ1) is 14.0. The number of allylic oxidation sites excluding steroid dienone is 1. The predicted octanol–water partition coefficient (Wildman–Crippen LogP) is 8.23. The molecule has 0 aromatic heterocycles. The van der Waals surface area contributed by atoms with Gasteiger partial charge >= 0.3 is 0 Å². The molecule has 0 aromatic carbocycles. The average molecular weight is 413 g/mol. The number of fused-ring (bicyclic) bond motifs is 5. The zero-order valence-corrected chi connectivity index (χ0v) is 21.0. The lowest BCUT2D eigenvalue weighted by Crippen LogP contribution is -2.56. The Morgan fingerprint density at radius 2 is 1.70 bits per heavy atom. The molecule has 3 saturated carbocycles. The largest absolute Gasteiger partial charge is 0.295 e. The van der Waals surface area contributed by atoms with Crippen LogP contribution in [0.4, 0.5) is 0 Å². The lowest BCUT2D eigenvalue weighted by molar-refractivity contribution is -0.124. The normalized spacial score (nSPS) is 43.6. The first-order valence-corrected chi connectivity index (χ1v) is 13.2. The Hall–Kier alpha value is -0.590. The maximum absolute atomic E-state index is 12.2. The van der Waals surface area contributed by atoms with Crippen LogP contribution in [0.1, 0.15) is 113 Å². The van der Waals surface area contributed by atoms with Crippen LogP contribution < -0.4 is 0 Å². The highest BCUT2D eigenvalue weighted by molar-refractivity contribution is 5.91. The van der Waals surface area contributed by atoms with E-state index in [0.717, 1.165) is 54.8 Å². The molecule has 4 rings (SSSR count). The zero-order chi connectivity index (χ0) is 21.9. The van der Waals surface area contributed by atoms with Crippen molar-refractivity contribution in [2.24, 2.45) is 51.8 Å².